The molecular weight excluding hydrogens is 248 g/mol. The van der Waals surface area contributed by atoms with Crippen molar-refractivity contribution in [1.82, 2.24) is 0 Å². The molecule has 0 aromatic carbocycles. The van der Waals surface area contributed by atoms with Crippen molar-refractivity contribution in [3.05, 3.63) is 12.2 Å². The molecule has 19 heavy (non-hydrogen) atoms. The maximum absolute atomic E-state index is 12.0. The van der Waals surface area contributed by atoms with E-state index in [2.05, 4.69) is 0 Å². The second-order valence-corrected chi connectivity index (χ2v) is 4.44. The quantitative estimate of drug-likeness (QED) is 0.417. The zero-order chi connectivity index (χ0) is 14.3. The number of carbonyl (C=O) groups is 3. The highest BCUT2D eigenvalue weighted by atomic mass is 16.5. The molecule has 0 heterocycles. The summed E-state index contributed by atoms with van der Waals surface area (Å²) < 4.78 is 9.74. The molecule has 0 aliphatic heterocycles. The Bertz CT molecular complexity index is 385. The first-order valence-electron chi connectivity index (χ1n) is 6.60. The van der Waals surface area contributed by atoms with E-state index in [0.29, 0.717) is 25.9 Å². The second-order valence-electron chi connectivity index (χ2n) is 4.44. The Hall–Kier alpha value is -1.65. The molecule has 0 bridgehead atoms. The number of rotatable bonds is 6. The molecule has 0 aromatic heterocycles. The Balaban J connectivity index is 2.74. The minimum absolute atomic E-state index is 0.0977. The van der Waals surface area contributed by atoms with Gasteiger partial charge in [-0.05, 0) is 33.1 Å². The number of hydrogen-bond donors (Lipinski definition) is 0. The van der Waals surface area contributed by atoms with Crippen molar-refractivity contribution >= 4 is 17.7 Å². The van der Waals surface area contributed by atoms with E-state index >= 15 is 0 Å². The van der Waals surface area contributed by atoms with Gasteiger partial charge < -0.3 is 9.47 Å². The van der Waals surface area contributed by atoms with Gasteiger partial charge in [-0.15, -0.1) is 0 Å². The van der Waals surface area contributed by atoms with E-state index in [1.807, 2.05) is 0 Å². The minimum atomic E-state index is -1.10. The first-order chi connectivity index (χ1) is 9.06. The number of esters is 2. The van der Waals surface area contributed by atoms with Crippen molar-refractivity contribution in [2.45, 2.75) is 39.5 Å². The molecule has 5 heteroatoms. The van der Waals surface area contributed by atoms with Crippen LogP contribution in [0.2, 0.25) is 0 Å². The normalized spacial score (nSPS) is 22.7. The Morgan fingerprint density at radius 1 is 1.26 bits per heavy atom. The zero-order valence-corrected chi connectivity index (χ0v) is 11.4. The maximum Gasteiger partial charge on any atom is 0.330 e. The number of hydrogen-bond acceptors (Lipinski definition) is 5. The predicted molar refractivity (Wildman–Crippen MR) is 68.3 cm³/mol. The lowest BCUT2D eigenvalue weighted by atomic mass is 9.81. The van der Waals surface area contributed by atoms with Crippen LogP contribution >= 0.6 is 0 Å². The van der Waals surface area contributed by atoms with Crippen LogP contribution in [0.5, 0.6) is 0 Å². The molecule has 1 unspecified atom stereocenters. The summed E-state index contributed by atoms with van der Waals surface area (Å²) in [5.74, 6) is -1.04. The molecular formula is C14H20O5. The van der Waals surface area contributed by atoms with E-state index < -0.39 is 17.4 Å². The van der Waals surface area contributed by atoms with Crippen molar-refractivity contribution in [2.24, 2.45) is 5.41 Å². The topological polar surface area (TPSA) is 69.7 Å². The number of Topliss-reactive ketones (excluding diaryl/α,β-unsaturated/α-hetero) is 1. The average Bonchev–Trinajstić information content (AvgIpc) is 2.73. The Morgan fingerprint density at radius 3 is 2.47 bits per heavy atom. The molecule has 0 radical (unpaired) electrons. The molecule has 5 nitrogen and oxygen atoms in total. The van der Waals surface area contributed by atoms with Gasteiger partial charge in [-0.25, -0.2) is 4.79 Å². The SMILES string of the molecule is CCOC(=O)/C=C/CC1(C(=O)OCC)CCCC1=O. The summed E-state index contributed by atoms with van der Waals surface area (Å²) in [6.45, 7) is 3.96. The van der Waals surface area contributed by atoms with Crippen LogP contribution in [0.3, 0.4) is 0 Å². The van der Waals surface area contributed by atoms with Gasteiger partial charge in [0.1, 0.15) is 5.41 Å². The number of ketones is 1. The van der Waals surface area contributed by atoms with Crippen LogP contribution in [0.1, 0.15) is 39.5 Å². The second kappa shape index (κ2) is 7.07. The Morgan fingerprint density at radius 2 is 1.95 bits per heavy atom. The van der Waals surface area contributed by atoms with Crippen molar-refractivity contribution < 1.29 is 23.9 Å². The Kier molecular flexibility index (Phi) is 5.73. The fourth-order valence-corrected chi connectivity index (χ4v) is 2.26. The number of allylic oxidation sites excluding steroid dienone is 1. The molecule has 106 valence electrons. The van der Waals surface area contributed by atoms with Crippen molar-refractivity contribution in [1.29, 1.82) is 0 Å². The first kappa shape index (κ1) is 15.4. The summed E-state index contributed by atoms with van der Waals surface area (Å²) in [5.41, 5.74) is -1.10. The Labute approximate surface area is 112 Å². The van der Waals surface area contributed by atoms with Crippen LogP contribution in [0, 0.1) is 5.41 Å². The fraction of sp³-hybridized carbons (Fsp3) is 0.643. The molecule has 1 aliphatic carbocycles. The third-order valence-corrected chi connectivity index (χ3v) is 3.21. The largest absolute Gasteiger partial charge is 0.465 e. The highest BCUT2D eigenvalue weighted by molar-refractivity contribution is 6.05. The van der Waals surface area contributed by atoms with Gasteiger partial charge in [0.2, 0.25) is 0 Å². The van der Waals surface area contributed by atoms with Crippen molar-refractivity contribution in [3.8, 4) is 0 Å². The van der Waals surface area contributed by atoms with Gasteiger partial charge >= 0.3 is 11.9 Å². The van der Waals surface area contributed by atoms with Gasteiger partial charge in [-0.3, -0.25) is 9.59 Å². The fourth-order valence-electron chi connectivity index (χ4n) is 2.26. The summed E-state index contributed by atoms with van der Waals surface area (Å²) in [6, 6.07) is 0. The van der Waals surface area contributed by atoms with E-state index in [1.54, 1.807) is 13.8 Å². The molecule has 0 amide bonds. The molecule has 1 atom stereocenters. The molecule has 1 aliphatic rings. The van der Waals surface area contributed by atoms with E-state index in [1.165, 1.54) is 12.2 Å². The summed E-state index contributed by atoms with van der Waals surface area (Å²) in [4.78, 5) is 35.1. The predicted octanol–water partition coefficient (Wildman–Crippen LogP) is 1.80. The van der Waals surface area contributed by atoms with Crippen molar-refractivity contribution in [3.63, 3.8) is 0 Å². The van der Waals surface area contributed by atoms with Gasteiger partial charge in [0, 0.05) is 12.5 Å². The van der Waals surface area contributed by atoms with E-state index in [9.17, 15) is 14.4 Å². The van der Waals surface area contributed by atoms with Crippen LogP contribution in [0.15, 0.2) is 12.2 Å². The number of ether oxygens (including phenoxy) is 2. The van der Waals surface area contributed by atoms with E-state index in [0.717, 1.165) is 0 Å². The van der Waals surface area contributed by atoms with Gasteiger partial charge in [0.15, 0.2) is 5.78 Å². The van der Waals surface area contributed by atoms with Gasteiger partial charge in [0.05, 0.1) is 13.2 Å². The lowest BCUT2D eigenvalue weighted by Gasteiger charge is -2.23. The highest BCUT2D eigenvalue weighted by Gasteiger charge is 2.48. The summed E-state index contributed by atoms with van der Waals surface area (Å²) in [7, 11) is 0. The molecule has 0 saturated heterocycles. The first-order valence-corrected chi connectivity index (χ1v) is 6.60. The lowest BCUT2D eigenvalue weighted by Crippen LogP contribution is -2.36. The number of carbonyl (C=O) groups excluding carboxylic acids is 3. The molecule has 1 saturated carbocycles. The van der Waals surface area contributed by atoms with Crippen LogP contribution in [0.4, 0.5) is 0 Å². The smallest absolute Gasteiger partial charge is 0.330 e. The summed E-state index contributed by atoms with van der Waals surface area (Å²) in [6.07, 6.45) is 4.55. The standard InChI is InChI=1S/C14H20O5/c1-3-18-12(16)8-6-10-14(13(17)19-4-2)9-5-7-11(14)15/h6,8H,3-5,7,9-10H2,1-2H3/b8-6+. The summed E-state index contributed by atoms with van der Waals surface area (Å²) >= 11 is 0. The average molecular weight is 268 g/mol. The molecule has 0 N–H and O–H groups in total. The van der Waals surface area contributed by atoms with Crippen LogP contribution < -0.4 is 0 Å². The van der Waals surface area contributed by atoms with Crippen LogP contribution in [0.25, 0.3) is 0 Å². The van der Waals surface area contributed by atoms with Gasteiger partial charge in [-0.2, -0.15) is 0 Å². The summed E-state index contributed by atoms with van der Waals surface area (Å²) in [5, 5.41) is 0. The van der Waals surface area contributed by atoms with E-state index in [4.69, 9.17) is 9.47 Å². The molecule has 0 aromatic rings. The molecule has 0 spiro atoms. The van der Waals surface area contributed by atoms with Crippen LogP contribution in [-0.2, 0) is 23.9 Å². The zero-order valence-electron chi connectivity index (χ0n) is 11.4. The molecule has 1 rings (SSSR count). The van der Waals surface area contributed by atoms with E-state index in [-0.39, 0.29) is 18.8 Å². The monoisotopic (exact) mass is 268 g/mol. The molecule has 1 fully saturated rings. The third kappa shape index (κ3) is 3.66. The van der Waals surface area contributed by atoms with Gasteiger partial charge in [-0.1, -0.05) is 6.08 Å². The van der Waals surface area contributed by atoms with Crippen LogP contribution in [-0.4, -0.2) is 30.9 Å². The van der Waals surface area contributed by atoms with Gasteiger partial charge in [0.25, 0.3) is 0 Å². The lowest BCUT2D eigenvalue weighted by molar-refractivity contribution is -0.158. The highest BCUT2D eigenvalue weighted by Crippen LogP contribution is 2.39. The minimum Gasteiger partial charge on any atom is -0.465 e. The third-order valence-electron chi connectivity index (χ3n) is 3.21. The van der Waals surface area contributed by atoms with Crippen molar-refractivity contribution in [2.75, 3.05) is 13.2 Å². The maximum atomic E-state index is 12.0.